The largest absolute Gasteiger partial charge is 0.449 e. The van der Waals surface area contributed by atoms with Gasteiger partial charge >= 0.3 is 5.97 Å². The van der Waals surface area contributed by atoms with E-state index >= 15 is 0 Å². The average Bonchev–Trinajstić information content (AvgIpc) is 2.36. The van der Waals surface area contributed by atoms with E-state index in [-0.39, 0.29) is 16.5 Å². The quantitative estimate of drug-likeness (QED) is 0.729. The van der Waals surface area contributed by atoms with Crippen molar-refractivity contribution in [3.8, 4) is 0 Å². The fraction of sp³-hybridized carbons (Fsp3) is 0.385. The minimum atomic E-state index is -3.94. The molecule has 0 bridgehead atoms. The molecule has 1 amide bonds. The molecule has 0 saturated heterocycles. The molecule has 1 aromatic rings. The summed E-state index contributed by atoms with van der Waals surface area (Å²) in [6, 6.07) is 3.63. The van der Waals surface area contributed by atoms with Crippen LogP contribution in [0.15, 0.2) is 27.6 Å². The molecular weight excluding hydrogens is 376 g/mol. The van der Waals surface area contributed by atoms with Crippen LogP contribution in [-0.2, 0) is 19.6 Å². The SMILES string of the molecule is CC(C)NC(=O)[C@H](C)OC(=O)c1cc(S(N)(=O)=O)ccc1Br. The maximum Gasteiger partial charge on any atom is 0.340 e. The van der Waals surface area contributed by atoms with Gasteiger partial charge in [0.15, 0.2) is 6.10 Å². The summed E-state index contributed by atoms with van der Waals surface area (Å²) in [5.74, 6) is -1.27. The van der Waals surface area contributed by atoms with Gasteiger partial charge in [-0.15, -0.1) is 0 Å². The van der Waals surface area contributed by atoms with Crippen LogP contribution < -0.4 is 10.5 Å². The highest BCUT2D eigenvalue weighted by Crippen LogP contribution is 2.21. The van der Waals surface area contributed by atoms with Crippen LogP contribution in [0.4, 0.5) is 0 Å². The molecule has 0 aliphatic heterocycles. The van der Waals surface area contributed by atoms with Gasteiger partial charge < -0.3 is 10.1 Å². The number of carbonyl (C=O) groups is 2. The van der Waals surface area contributed by atoms with Gasteiger partial charge in [-0.1, -0.05) is 0 Å². The van der Waals surface area contributed by atoms with E-state index in [9.17, 15) is 18.0 Å². The van der Waals surface area contributed by atoms with Crippen LogP contribution in [0, 0.1) is 0 Å². The second-order valence-corrected chi connectivity index (χ2v) is 7.31. The van der Waals surface area contributed by atoms with E-state index in [1.54, 1.807) is 13.8 Å². The van der Waals surface area contributed by atoms with Crippen LogP contribution in [-0.4, -0.2) is 32.4 Å². The number of carbonyl (C=O) groups excluding carboxylic acids is 2. The van der Waals surface area contributed by atoms with E-state index in [1.807, 2.05) is 0 Å². The molecule has 0 heterocycles. The molecular formula is C13H17BrN2O5S. The molecule has 0 aliphatic rings. The topological polar surface area (TPSA) is 116 Å². The van der Waals surface area contributed by atoms with Crippen molar-refractivity contribution in [3.05, 3.63) is 28.2 Å². The molecule has 1 rings (SSSR count). The van der Waals surface area contributed by atoms with Gasteiger partial charge in [0.25, 0.3) is 5.91 Å². The summed E-state index contributed by atoms with van der Waals surface area (Å²) < 4.78 is 28.0. The number of hydrogen-bond donors (Lipinski definition) is 2. The Balaban J connectivity index is 2.97. The van der Waals surface area contributed by atoms with Crippen LogP contribution in [0.1, 0.15) is 31.1 Å². The fourth-order valence-corrected chi connectivity index (χ4v) is 2.47. The molecule has 0 radical (unpaired) electrons. The predicted octanol–water partition coefficient (Wildman–Crippen LogP) is 1.17. The highest BCUT2D eigenvalue weighted by molar-refractivity contribution is 9.10. The molecule has 0 aliphatic carbocycles. The maximum absolute atomic E-state index is 12.1. The molecule has 22 heavy (non-hydrogen) atoms. The van der Waals surface area contributed by atoms with Gasteiger partial charge in [0.2, 0.25) is 10.0 Å². The van der Waals surface area contributed by atoms with Crippen molar-refractivity contribution < 1.29 is 22.7 Å². The van der Waals surface area contributed by atoms with Crippen molar-refractivity contribution in [2.75, 3.05) is 0 Å². The number of sulfonamides is 1. The summed E-state index contributed by atoms with van der Waals surface area (Å²) >= 11 is 3.13. The van der Waals surface area contributed by atoms with Crippen molar-refractivity contribution in [1.82, 2.24) is 5.32 Å². The molecule has 0 spiro atoms. The third kappa shape index (κ3) is 5.08. The number of benzene rings is 1. The molecule has 3 N–H and O–H groups in total. The van der Waals surface area contributed by atoms with Crippen LogP contribution in [0.2, 0.25) is 0 Å². The number of esters is 1. The second kappa shape index (κ2) is 7.21. The smallest absolute Gasteiger partial charge is 0.340 e. The van der Waals surface area contributed by atoms with E-state index in [1.165, 1.54) is 19.1 Å². The summed E-state index contributed by atoms with van der Waals surface area (Å²) in [6.07, 6.45) is -1.01. The van der Waals surface area contributed by atoms with Crippen LogP contribution >= 0.6 is 15.9 Å². The van der Waals surface area contributed by atoms with Crippen LogP contribution in [0.3, 0.4) is 0 Å². The van der Waals surface area contributed by atoms with E-state index in [0.717, 1.165) is 6.07 Å². The Labute approximate surface area is 137 Å². The summed E-state index contributed by atoms with van der Waals surface area (Å²) in [7, 11) is -3.94. The van der Waals surface area contributed by atoms with Crippen molar-refractivity contribution in [2.24, 2.45) is 5.14 Å². The normalized spacial score (nSPS) is 12.8. The van der Waals surface area contributed by atoms with Gasteiger partial charge in [0.1, 0.15) is 0 Å². The lowest BCUT2D eigenvalue weighted by atomic mass is 10.2. The van der Waals surface area contributed by atoms with E-state index in [0.29, 0.717) is 4.47 Å². The molecule has 122 valence electrons. The fourth-order valence-electron chi connectivity index (χ4n) is 1.52. The minimum Gasteiger partial charge on any atom is -0.449 e. The molecule has 0 saturated carbocycles. The van der Waals surface area contributed by atoms with Gasteiger partial charge in [-0.2, -0.15) is 0 Å². The summed E-state index contributed by atoms with van der Waals surface area (Å²) in [4.78, 5) is 23.6. The molecule has 9 heteroatoms. The average molecular weight is 393 g/mol. The number of halogens is 1. The van der Waals surface area contributed by atoms with Gasteiger partial charge in [-0.05, 0) is 54.9 Å². The zero-order valence-corrected chi connectivity index (χ0v) is 14.7. The standard InChI is InChI=1S/C13H17BrN2O5S/c1-7(2)16-12(17)8(3)21-13(18)10-6-9(22(15,19)20)4-5-11(10)14/h4-8H,1-3H3,(H,16,17)(H2,15,19,20)/t8-/m0/s1. The van der Waals surface area contributed by atoms with Crippen molar-refractivity contribution in [2.45, 2.75) is 37.8 Å². The number of amides is 1. The molecule has 0 aromatic heterocycles. The first-order valence-electron chi connectivity index (χ1n) is 6.36. The lowest BCUT2D eigenvalue weighted by Gasteiger charge is -2.16. The first kappa shape index (κ1) is 18.6. The summed E-state index contributed by atoms with van der Waals surface area (Å²) in [5.41, 5.74) is -0.0317. The van der Waals surface area contributed by atoms with Crippen molar-refractivity contribution in [1.29, 1.82) is 0 Å². The maximum atomic E-state index is 12.1. The third-order valence-electron chi connectivity index (χ3n) is 2.57. The molecule has 1 aromatic carbocycles. The van der Waals surface area contributed by atoms with E-state index in [4.69, 9.17) is 9.88 Å². The zero-order chi connectivity index (χ0) is 17.1. The Kier molecular flexibility index (Phi) is 6.09. The van der Waals surface area contributed by atoms with Crippen LogP contribution in [0.5, 0.6) is 0 Å². The Bertz CT molecular complexity index is 688. The Hall–Kier alpha value is -1.45. The zero-order valence-electron chi connectivity index (χ0n) is 12.3. The van der Waals surface area contributed by atoms with E-state index in [2.05, 4.69) is 21.2 Å². The lowest BCUT2D eigenvalue weighted by molar-refractivity contribution is -0.129. The Morgan fingerprint density at radius 1 is 1.27 bits per heavy atom. The number of rotatable bonds is 5. The Morgan fingerprint density at radius 3 is 2.36 bits per heavy atom. The van der Waals surface area contributed by atoms with Crippen molar-refractivity contribution >= 4 is 37.8 Å². The van der Waals surface area contributed by atoms with Crippen molar-refractivity contribution in [3.63, 3.8) is 0 Å². The van der Waals surface area contributed by atoms with E-state index < -0.39 is 28.0 Å². The first-order valence-corrected chi connectivity index (χ1v) is 8.70. The second-order valence-electron chi connectivity index (χ2n) is 4.90. The molecule has 0 fully saturated rings. The number of hydrogen-bond acceptors (Lipinski definition) is 5. The molecule has 7 nitrogen and oxygen atoms in total. The highest BCUT2D eigenvalue weighted by atomic mass is 79.9. The number of primary sulfonamides is 1. The predicted molar refractivity (Wildman–Crippen MR) is 83.7 cm³/mol. The van der Waals surface area contributed by atoms with Gasteiger partial charge in [0.05, 0.1) is 10.5 Å². The summed E-state index contributed by atoms with van der Waals surface area (Å²) in [5, 5.41) is 7.63. The minimum absolute atomic E-state index is 0.0317. The van der Waals surface area contributed by atoms with Gasteiger partial charge in [-0.3, -0.25) is 4.79 Å². The molecule has 0 unspecified atom stereocenters. The molecule has 1 atom stereocenters. The Morgan fingerprint density at radius 2 is 1.86 bits per heavy atom. The highest BCUT2D eigenvalue weighted by Gasteiger charge is 2.22. The number of nitrogens with two attached hydrogens (primary N) is 1. The van der Waals surface area contributed by atoms with Crippen LogP contribution in [0.25, 0.3) is 0 Å². The monoisotopic (exact) mass is 392 g/mol. The first-order chi connectivity index (χ1) is 10.0. The number of nitrogens with one attached hydrogen (secondary N) is 1. The van der Waals surface area contributed by atoms with Gasteiger partial charge in [-0.25, -0.2) is 18.4 Å². The van der Waals surface area contributed by atoms with Gasteiger partial charge in [0, 0.05) is 10.5 Å². The summed E-state index contributed by atoms with van der Waals surface area (Å²) in [6.45, 7) is 4.98. The number of ether oxygens (including phenoxy) is 1. The lowest BCUT2D eigenvalue weighted by Crippen LogP contribution is -2.39. The third-order valence-corrected chi connectivity index (χ3v) is 4.17.